The number of hydrogen-bond acceptors (Lipinski definition) is 11. The first kappa shape index (κ1) is 18.9. The number of ether oxygens (including phenoxy) is 3. The zero-order valence-electron chi connectivity index (χ0n) is 12.0. The lowest BCUT2D eigenvalue weighted by atomic mass is 9.99. The minimum absolute atomic E-state index is 0.669. The van der Waals surface area contributed by atoms with E-state index in [1.807, 2.05) is 0 Å². The topological polar surface area (TPSA) is 190 Å². The Morgan fingerprint density at radius 3 is 1.87 bits per heavy atom. The van der Waals surface area contributed by atoms with Crippen LogP contribution in [0.3, 0.4) is 0 Å². The third-order valence-corrected chi connectivity index (χ3v) is 4.07. The average Bonchev–Trinajstić information content (AvgIpc) is 2.80. The van der Waals surface area contributed by atoms with Gasteiger partial charge in [0.15, 0.2) is 6.29 Å². The van der Waals surface area contributed by atoms with E-state index in [2.05, 4.69) is 0 Å². The van der Waals surface area contributed by atoms with Crippen molar-refractivity contribution in [2.24, 2.45) is 0 Å². The molecule has 11 nitrogen and oxygen atoms in total. The van der Waals surface area contributed by atoms with Gasteiger partial charge in [-0.2, -0.15) is 0 Å². The molecule has 2 aliphatic heterocycles. The van der Waals surface area contributed by atoms with Crippen LogP contribution in [0.1, 0.15) is 0 Å². The molecule has 0 aromatic carbocycles. The molecule has 2 rings (SSSR count). The smallest absolute Gasteiger partial charge is 0.224 e. The van der Waals surface area contributed by atoms with Crippen LogP contribution in [0.2, 0.25) is 0 Å². The summed E-state index contributed by atoms with van der Waals surface area (Å²) in [4.78, 5) is 0. The zero-order valence-corrected chi connectivity index (χ0v) is 12.0. The van der Waals surface area contributed by atoms with Crippen molar-refractivity contribution in [1.82, 2.24) is 0 Å². The van der Waals surface area contributed by atoms with Gasteiger partial charge in [-0.1, -0.05) is 0 Å². The van der Waals surface area contributed by atoms with Crippen molar-refractivity contribution < 1.29 is 55.1 Å². The molecule has 2 fully saturated rings. The van der Waals surface area contributed by atoms with Gasteiger partial charge in [-0.25, -0.2) is 0 Å². The van der Waals surface area contributed by atoms with Gasteiger partial charge in [-0.05, 0) is 0 Å². The molecular weight excluding hydrogens is 320 g/mol. The molecule has 0 bridgehead atoms. The maximum absolute atomic E-state index is 10.00. The predicted octanol–water partition coefficient (Wildman–Crippen LogP) is -5.40. The van der Waals surface area contributed by atoms with E-state index in [9.17, 15) is 30.6 Å². The number of rotatable bonds is 5. The monoisotopic (exact) mass is 342 g/mol. The van der Waals surface area contributed by atoms with Crippen molar-refractivity contribution in [2.45, 2.75) is 54.8 Å². The summed E-state index contributed by atoms with van der Waals surface area (Å²) >= 11 is 0. The lowest BCUT2D eigenvalue weighted by Gasteiger charge is -2.43. The Bertz CT molecular complexity index is 393. The van der Waals surface area contributed by atoms with Crippen LogP contribution in [-0.2, 0) is 14.2 Å². The fourth-order valence-electron chi connectivity index (χ4n) is 2.63. The van der Waals surface area contributed by atoms with Crippen LogP contribution in [0.25, 0.3) is 0 Å². The van der Waals surface area contributed by atoms with Crippen molar-refractivity contribution in [2.75, 3.05) is 19.8 Å². The van der Waals surface area contributed by atoms with Crippen LogP contribution < -0.4 is 0 Å². The summed E-state index contributed by atoms with van der Waals surface area (Å²) in [5, 5.41) is 76.7. The maximum Gasteiger partial charge on any atom is 0.224 e. The Morgan fingerprint density at radius 2 is 1.39 bits per heavy atom. The maximum atomic E-state index is 10.00. The first-order valence-corrected chi connectivity index (χ1v) is 7.05. The summed E-state index contributed by atoms with van der Waals surface area (Å²) < 4.78 is 15.4. The Balaban J connectivity index is 2.18. The molecule has 0 aromatic rings. The summed E-state index contributed by atoms with van der Waals surface area (Å²) in [5.41, 5.74) is 0. The SMILES string of the molecule is OCC1O[C@@](CO)(O[C@H]2O[C@H](CO)[C@@H](O)C(O)C2O)[C@@H](O)C1O. The Hall–Kier alpha value is -0.440. The highest BCUT2D eigenvalue weighted by atomic mass is 16.8. The van der Waals surface area contributed by atoms with E-state index in [0.29, 0.717) is 0 Å². The summed E-state index contributed by atoms with van der Waals surface area (Å²) in [6.07, 6.45) is -12.7. The minimum atomic E-state index is -2.22. The number of hydrogen-bond donors (Lipinski definition) is 8. The number of aliphatic hydroxyl groups excluding tert-OH is 8. The molecule has 9 atom stereocenters. The van der Waals surface area contributed by atoms with Gasteiger partial charge < -0.3 is 55.1 Å². The van der Waals surface area contributed by atoms with Gasteiger partial charge in [0, 0.05) is 0 Å². The van der Waals surface area contributed by atoms with Crippen molar-refractivity contribution >= 4 is 0 Å². The lowest BCUT2D eigenvalue weighted by molar-refractivity contribution is -0.383. The van der Waals surface area contributed by atoms with Crippen LogP contribution in [0, 0.1) is 0 Å². The number of aliphatic hydroxyl groups is 8. The van der Waals surface area contributed by atoms with Crippen molar-refractivity contribution in [3.8, 4) is 0 Å². The van der Waals surface area contributed by atoms with E-state index in [1.165, 1.54) is 0 Å². The van der Waals surface area contributed by atoms with E-state index in [4.69, 9.17) is 24.4 Å². The highest BCUT2D eigenvalue weighted by Crippen LogP contribution is 2.35. The molecule has 0 amide bonds. The lowest BCUT2D eigenvalue weighted by Crippen LogP contribution is -2.62. The van der Waals surface area contributed by atoms with Crippen molar-refractivity contribution in [1.29, 1.82) is 0 Å². The highest BCUT2D eigenvalue weighted by molar-refractivity contribution is 4.98. The van der Waals surface area contributed by atoms with E-state index in [0.717, 1.165) is 0 Å². The molecule has 0 aliphatic carbocycles. The quantitative estimate of drug-likeness (QED) is 0.238. The molecule has 4 unspecified atom stereocenters. The summed E-state index contributed by atoms with van der Waals surface area (Å²) in [7, 11) is 0. The van der Waals surface area contributed by atoms with Gasteiger partial charge in [0.25, 0.3) is 0 Å². The van der Waals surface area contributed by atoms with Crippen molar-refractivity contribution in [3.05, 3.63) is 0 Å². The van der Waals surface area contributed by atoms with Gasteiger partial charge >= 0.3 is 0 Å². The normalized spacial score (nSPS) is 51.1. The fraction of sp³-hybridized carbons (Fsp3) is 1.00. The molecule has 11 heteroatoms. The van der Waals surface area contributed by atoms with Crippen molar-refractivity contribution in [3.63, 3.8) is 0 Å². The molecule has 0 radical (unpaired) electrons. The minimum Gasteiger partial charge on any atom is -0.394 e. The van der Waals surface area contributed by atoms with E-state index >= 15 is 0 Å². The molecule has 8 N–H and O–H groups in total. The second kappa shape index (κ2) is 7.21. The first-order chi connectivity index (χ1) is 10.8. The van der Waals surface area contributed by atoms with E-state index in [-0.39, 0.29) is 0 Å². The van der Waals surface area contributed by atoms with Crippen LogP contribution in [0.4, 0.5) is 0 Å². The Kier molecular flexibility index (Phi) is 5.92. The summed E-state index contributed by atoms with van der Waals surface area (Å²) in [6, 6.07) is 0. The molecule has 136 valence electrons. The van der Waals surface area contributed by atoms with E-state index in [1.54, 1.807) is 0 Å². The van der Waals surface area contributed by atoms with Crippen LogP contribution in [0.5, 0.6) is 0 Å². The zero-order chi connectivity index (χ0) is 17.4. The molecule has 23 heavy (non-hydrogen) atoms. The van der Waals surface area contributed by atoms with Gasteiger partial charge in [0.1, 0.15) is 49.3 Å². The van der Waals surface area contributed by atoms with Gasteiger partial charge in [-0.3, -0.25) is 0 Å². The molecule has 2 aliphatic rings. The van der Waals surface area contributed by atoms with Crippen LogP contribution in [0.15, 0.2) is 0 Å². The van der Waals surface area contributed by atoms with Crippen LogP contribution in [-0.4, -0.2) is 115 Å². The Labute approximate surface area is 130 Å². The third-order valence-electron chi connectivity index (χ3n) is 4.07. The average molecular weight is 342 g/mol. The first-order valence-electron chi connectivity index (χ1n) is 7.05. The van der Waals surface area contributed by atoms with Gasteiger partial charge in [-0.15, -0.1) is 0 Å². The molecule has 0 aromatic heterocycles. The summed E-state index contributed by atoms with van der Waals surface area (Å²) in [5.74, 6) is -2.22. The molecular formula is C12H22O11. The highest BCUT2D eigenvalue weighted by Gasteiger charge is 2.58. The molecule has 2 heterocycles. The third kappa shape index (κ3) is 3.23. The Morgan fingerprint density at radius 1 is 0.783 bits per heavy atom. The van der Waals surface area contributed by atoms with E-state index < -0.39 is 74.6 Å². The second-order valence-corrected chi connectivity index (χ2v) is 5.56. The van der Waals surface area contributed by atoms with Gasteiger partial charge in [0.05, 0.1) is 13.2 Å². The molecule has 0 saturated carbocycles. The van der Waals surface area contributed by atoms with Gasteiger partial charge in [0.2, 0.25) is 5.79 Å². The van der Waals surface area contributed by atoms with Crippen LogP contribution >= 0.6 is 0 Å². The second-order valence-electron chi connectivity index (χ2n) is 5.56. The largest absolute Gasteiger partial charge is 0.394 e. The predicted molar refractivity (Wildman–Crippen MR) is 68.6 cm³/mol. The molecule has 2 saturated heterocycles. The molecule has 0 spiro atoms. The fourth-order valence-corrected chi connectivity index (χ4v) is 2.63. The standard InChI is InChI=1S/C12H22O11/c13-1-4-6(16)8(18)9(19)11(21-4)23-12(3-15)10(20)7(17)5(2-14)22-12/h4-11,13-20H,1-3H2/t4-,5?,6-,7?,8?,9?,10+,11-,12+/m1/s1. The summed E-state index contributed by atoms with van der Waals surface area (Å²) in [6.45, 7) is -2.32.